The molecule has 2 heterocycles. The van der Waals surface area contributed by atoms with E-state index in [1.54, 1.807) is 18.2 Å². The molecule has 2 saturated heterocycles. The van der Waals surface area contributed by atoms with E-state index in [1.807, 2.05) is 6.07 Å². The van der Waals surface area contributed by atoms with E-state index in [4.69, 9.17) is 16.3 Å². The van der Waals surface area contributed by atoms with Gasteiger partial charge in [-0.1, -0.05) is 17.7 Å². The minimum atomic E-state index is -0.0213. The number of hydrogen-bond donors (Lipinski definition) is 1. The van der Waals surface area contributed by atoms with Crippen molar-refractivity contribution in [2.75, 3.05) is 26.3 Å². The third kappa shape index (κ3) is 4.00. The Kier molecular flexibility index (Phi) is 5.34. The Balaban J connectivity index is 1.48. The van der Waals surface area contributed by atoms with Crippen LogP contribution < -0.4 is 5.32 Å². The zero-order valence-corrected chi connectivity index (χ0v) is 13.5. The van der Waals surface area contributed by atoms with Gasteiger partial charge in [0, 0.05) is 49.0 Å². The van der Waals surface area contributed by atoms with Crippen LogP contribution in [0.15, 0.2) is 24.3 Å². The molecule has 2 aliphatic rings. The van der Waals surface area contributed by atoms with E-state index in [1.165, 1.54) is 0 Å². The molecule has 0 atom stereocenters. The molecule has 2 aliphatic heterocycles. The van der Waals surface area contributed by atoms with E-state index in [0.29, 0.717) is 16.6 Å². The summed E-state index contributed by atoms with van der Waals surface area (Å²) >= 11 is 5.94. The summed E-state index contributed by atoms with van der Waals surface area (Å²) in [7, 11) is 0. The third-order valence-electron chi connectivity index (χ3n) is 4.66. The maximum atomic E-state index is 12.2. The molecule has 0 unspecified atom stereocenters. The SMILES string of the molecule is O=C(NC1CCN(C2CCOCC2)CC1)c1cccc(Cl)c1. The molecule has 0 aliphatic carbocycles. The van der Waals surface area contributed by atoms with Gasteiger partial charge < -0.3 is 15.0 Å². The van der Waals surface area contributed by atoms with Gasteiger partial charge in [-0.2, -0.15) is 0 Å². The first-order valence-corrected chi connectivity index (χ1v) is 8.48. The van der Waals surface area contributed by atoms with Crippen LogP contribution in [0.25, 0.3) is 0 Å². The molecule has 1 N–H and O–H groups in total. The Morgan fingerprint density at radius 3 is 2.59 bits per heavy atom. The number of carbonyl (C=O) groups is 1. The Morgan fingerprint density at radius 1 is 1.18 bits per heavy atom. The zero-order valence-electron chi connectivity index (χ0n) is 12.8. The minimum absolute atomic E-state index is 0.0213. The third-order valence-corrected chi connectivity index (χ3v) is 4.89. The van der Waals surface area contributed by atoms with Crippen LogP contribution in [0, 0.1) is 0 Å². The molecule has 1 amide bonds. The molecule has 0 radical (unpaired) electrons. The van der Waals surface area contributed by atoms with Gasteiger partial charge in [0.25, 0.3) is 5.91 Å². The monoisotopic (exact) mass is 322 g/mol. The first-order chi connectivity index (χ1) is 10.7. The highest BCUT2D eigenvalue weighted by Gasteiger charge is 2.27. The average molecular weight is 323 g/mol. The second-order valence-electron chi connectivity index (χ2n) is 6.14. The largest absolute Gasteiger partial charge is 0.381 e. The molecule has 4 nitrogen and oxygen atoms in total. The topological polar surface area (TPSA) is 41.6 Å². The molecule has 1 aromatic rings. The lowest BCUT2D eigenvalue weighted by atomic mass is 9.99. The van der Waals surface area contributed by atoms with E-state index in [0.717, 1.165) is 52.0 Å². The van der Waals surface area contributed by atoms with Crippen molar-refractivity contribution in [3.63, 3.8) is 0 Å². The Labute approximate surface area is 136 Å². The molecule has 0 spiro atoms. The van der Waals surface area contributed by atoms with E-state index >= 15 is 0 Å². The molecule has 0 aromatic heterocycles. The number of piperidine rings is 1. The molecule has 2 fully saturated rings. The van der Waals surface area contributed by atoms with Crippen LogP contribution in [-0.4, -0.2) is 49.2 Å². The number of halogens is 1. The summed E-state index contributed by atoms with van der Waals surface area (Å²) in [6.45, 7) is 3.89. The normalized spacial score (nSPS) is 21.7. The van der Waals surface area contributed by atoms with Gasteiger partial charge >= 0.3 is 0 Å². The van der Waals surface area contributed by atoms with Crippen LogP contribution >= 0.6 is 11.6 Å². The van der Waals surface area contributed by atoms with Gasteiger partial charge in [-0.15, -0.1) is 0 Å². The second-order valence-corrected chi connectivity index (χ2v) is 6.57. The van der Waals surface area contributed by atoms with Crippen LogP contribution in [0.4, 0.5) is 0 Å². The Hall–Kier alpha value is -1.10. The number of benzene rings is 1. The summed E-state index contributed by atoms with van der Waals surface area (Å²) in [5.41, 5.74) is 0.638. The predicted molar refractivity (Wildman–Crippen MR) is 87.4 cm³/mol. The number of nitrogens with zero attached hydrogens (tertiary/aromatic N) is 1. The highest BCUT2D eigenvalue weighted by atomic mass is 35.5. The van der Waals surface area contributed by atoms with Crippen LogP contribution in [0.5, 0.6) is 0 Å². The molecule has 3 rings (SSSR count). The summed E-state index contributed by atoms with van der Waals surface area (Å²) < 4.78 is 5.43. The fraction of sp³-hybridized carbons (Fsp3) is 0.588. The number of hydrogen-bond acceptors (Lipinski definition) is 3. The molecule has 0 bridgehead atoms. The van der Waals surface area contributed by atoms with E-state index in [2.05, 4.69) is 10.2 Å². The van der Waals surface area contributed by atoms with Crippen molar-refractivity contribution >= 4 is 17.5 Å². The quantitative estimate of drug-likeness (QED) is 0.930. The lowest BCUT2D eigenvalue weighted by Crippen LogP contribution is -2.49. The second kappa shape index (κ2) is 7.44. The summed E-state index contributed by atoms with van der Waals surface area (Å²) in [4.78, 5) is 14.8. The van der Waals surface area contributed by atoms with Crippen molar-refractivity contribution in [1.82, 2.24) is 10.2 Å². The lowest BCUT2D eigenvalue weighted by molar-refractivity contribution is 0.0238. The van der Waals surface area contributed by atoms with Gasteiger partial charge in [0.15, 0.2) is 0 Å². The maximum Gasteiger partial charge on any atom is 0.251 e. The summed E-state index contributed by atoms with van der Waals surface area (Å²) in [5, 5.41) is 3.74. The fourth-order valence-corrected chi connectivity index (χ4v) is 3.55. The average Bonchev–Trinajstić information content (AvgIpc) is 2.56. The van der Waals surface area contributed by atoms with Crippen molar-refractivity contribution < 1.29 is 9.53 Å². The van der Waals surface area contributed by atoms with Crippen LogP contribution in [0.2, 0.25) is 5.02 Å². The first-order valence-electron chi connectivity index (χ1n) is 8.10. The van der Waals surface area contributed by atoms with Gasteiger partial charge in [-0.3, -0.25) is 4.79 Å². The Bertz CT molecular complexity index is 509. The van der Waals surface area contributed by atoms with Crippen LogP contribution in [0.3, 0.4) is 0 Å². The smallest absolute Gasteiger partial charge is 0.251 e. The summed E-state index contributed by atoms with van der Waals surface area (Å²) in [6.07, 6.45) is 4.31. The van der Waals surface area contributed by atoms with Crippen LogP contribution in [0.1, 0.15) is 36.0 Å². The lowest BCUT2D eigenvalue weighted by Gasteiger charge is -2.39. The van der Waals surface area contributed by atoms with Crippen molar-refractivity contribution in [2.24, 2.45) is 0 Å². The van der Waals surface area contributed by atoms with E-state index < -0.39 is 0 Å². The minimum Gasteiger partial charge on any atom is -0.381 e. The molecule has 5 heteroatoms. The van der Waals surface area contributed by atoms with E-state index in [9.17, 15) is 4.79 Å². The van der Waals surface area contributed by atoms with E-state index in [-0.39, 0.29) is 11.9 Å². The molecule has 1 aromatic carbocycles. The fourth-order valence-electron chi connectivity index (χ4n) is 3.36. The van der Waals surface area contributed by atoms with Crippen molar-refractivity contribution in [3.05, 3.63) is 34.9 Å². The van der Waals surface area contributed by atoms with Gasteiger partial charge in [-0.25, -0.2) is 0 Å². The molecule has 0 saturated carbocycles. The highest BCUT2D eigenvalue weighted by Crippen LogP contribution is 2.20. The van der Waals surface area contributed by atoms with Gasteiger partial charge in [-0.05, 0) is 43.9 Å². The number of ether oxygens (including phenoxy) is 1. The number of rotatable bonds is 3. The van der Waals surface area contributed by atoms with Crippen molar-refractivity contribution in [2.45, 2.75) is 37.8 Å². The molecule has 120 valence electrons. The van der Waals surface area contributed by atoms with Gasteiger partial charge in [0.05, 0.1) is 0 Å². The van der Waals surface area contributed by atoms with Crippen molar-refractivity contribution in [3.8, 4) is 0 Å². The number of carbonyl (C=O) groups excluding carboxylic acids is 1. The number of amides is 1. The summed E-state index contributed by atoms with van der Waals surface area (Å²) in [5.74, 6) is -0.0213. The maximum absolute atomic E-state index is 12.2. The standard InChI is InChI=1S/C17H23ClN2O2/c18-14-3-1-2-13(12-14)17(21)19-15-4-8-20(9-5-15)16-6-10-22-11-7-16/h1-3,12,15-16H,4-11H2,(H,19,21). The molecular formula is C17H23ClN2O2. The molecular weight excluding hydrogens is 300 g/mol. The number of nitrogens with one attached hydrogen (secondary N) is 1. The van der Waals surface area contributed by atoms with Gasteiger partial charge in [0.2, 0.25) is 0 Å². The van der Waals surface area contributed by atoms with Crippen LogP contribution in [-0.2, 0) is 4.74 Å². The van der Waals surface area contributed by atoms with Gasteiger partial charge in [0.1, 0.15) is 0 Å². The van der Waals surface area contributed by atoms with Crippen molar-refractivity contribution in [1.29, 1.82) is 0 Å². The molecule has 22 heavy (non-hydrogen) atoms. The first kappa shape index (κ1) is 15.8. The Morgan fingerprint density at radius 2 is 1.91 bits per heavy atom. The predicted octanol–water partition coefficient (Wildman–Crippen LogP) is 2.71. The summed E-state index contributed by atoms with van der Waals surface area (Å²) in [6, 6.07) is 8.04. The number of likely N-dealkylation sites (tertiary alicyclic amines) is 1. The zero-order chi connectivity index (χ0) is 15.4. The highest BCUT2D eigenvalue weighted by molar-refractivity contribution is 6.30.